The van der Waals surface area contributed by atoms with Crippen molar-refractivity contribution < 1.29 is 9.53 Å². The highest BCUT2D eigenvalue weighted by atomic mass is 16.5. The third-order valence-corrected chi connectivity index (χ3v) is 4.66. The molecule has 0 N–H and O–H groups in total. The third-order valence-electron chi connectivity index (χ3n) is 4.66. The summed E-state index contributed by atoms with van der Waals surface area (Å²) in [7, 11) is 0. The molecular weight excluding hydrogens is 212 g/mol. The van der Waals surface area contributed by atoms with E-state index in [2.05, 4.69) is 13.8 Å². The highest BCUT2D eigenvalue weighted by Gasteiger charge is 2.55. The number of hydrogen-bond donors (Lipinski definition) is 0. The quantitative estimate of drug-likeness (QED) is 0.643. The molecule has 17 heavy (non-hydrogen) atoms. The number of ether oxygens (including phenoxy) is 1. The Morgan fingerprint density at radius 1 is 1.35 bits per heavy atom. The number of allylic oxidation sites excluding steroid dienone is 1. The smallest absolute Gasteiger partial charge is 0.156 e. The van der Waals surface area contributed by atoms with Gasteiger partial charge in [-0.3, -0.25) is 4.79 Å². The number of carbonyl (C=O) groups excluding carboxylic acids is 1. The van der Waals surface area contributed by atoms with Crippen LogP contribution < -0.4 is 0 Å². The minimum Gasteiger partial charge on any atom is -0.367 e. The van der Waals surface area contributed by atoms with Crippen molar-refractivity contribution in [2.24, 2.45) is 11.8 Å². The predicted octanol–water partition coefficient (Wildman–Crippen LogP) is 3.51. The summed E-state index contributed by atoms with van der Waals surface area (Å²) in [5.74, 6) is 1.47. The van der Waals surface area contributed by atoms with Crippen molar-refractivity contribution in [1.29, 1.82) is 0 Å². The van der Waals surface area contributed by atoms with E-state index in [1.807, 2.05) is 19.9 Å². The molecule has 1 heterocycles. The number of rotatable bonds is 0. The summed E-state index contributed by atoms with van der Waals surface area (Å²) in [6, 6.07) is 0. The fourth-order valence-corrected chi connectivity index (χ4v) is 3.79. The minimum atomic E-state index is -0.0593. The lowest BCUT2D eigenvalue weighted by Crippen LogP contribution is -2.44. The molecule has 1 saturated heterocycles. The molecule has 2 fully saturated rings. The van der Waals surface area contributed by atoms with Crippen LogP contribution in [0, 0.1) is 11.8 Å². The average Bonchev–Trinajstić information content (AvgIpc) is 2.58. The van der Waals surface area contributed by atoms with E-state index in [0.29, 0.717) is 24.2 Å². The molecule has 2 aliphatic carbocycles. The van der Waals surface area contributed by atoms with E-state index in [1.54, 1.807) is 0 Å². The Morgan fingerprint density at radius 3 is 2.76 bits per heavy atom. The van der Waals surface area contributed by atoms with Crippen molar-refractivity contribution in [3.8, 4) is 0 Å². The summed E-state index contributed by atoms with van der Waals surface area (Å²) in [5, 5.41) is 0. The Morgan fingerprint density at radius 2 is 2.06 bits per heavy atom. The number of hydrogen-bond acceptors (Lipinski definition) is 2. The van der Waals surface area contributed by atoms with Gasteiger partial charge in [0.25, 0.3) is 0 Å². The molecule has 1 aliphatic heterocycles. The van der Waals surface area contributed by atoms with Crippen LogP contribution in [0.4, 0.5) is 0 Å². The van der Waals surface area contributed by atoms with Crippen molar-refractivity contribution >= 4 is 5.78 Å². The molecule has 0 aromatic rings. The zero-order valence-corrected chi connectivity index (χ0v) is 11.5. The summed E-state index contributed by atoms with van der Waals surface area (Å²) < 4.78 is 6.22. The van der Waals surface area contributed by atoms with Gasteiger partial charge in [-0.2, -0.15) is 0 Å². The van der Waals surface area contributed by atoms with Crippen molar-refractivity contribution in [2.75, 3.05) is 0 Å². The van der Waals surface area contributed by atoms with Crippen LogP contribution in [0.3, 0.4) is 0 Å². The SMILES string of the molecule is CC.CC1=CC(=O)CC2CCC3CC12OC3C. The van der Waals surface area contributed by atoms with Gasteiger partial charge >= 0.3 is 0 Å². The predicted molar refractivity (Wildman–Crippen MR) is 68.8 cm³/mol. The molecule has 0 aromatic carbocycles. The van der Waals surface area contributed by atoms with Crippen molar-refractivity contribution in [3.05, 3.63) is 11.6 Å². The maximum Gasteiger partial charge on any atom is 0.156 e. The number of carbonyl (C=O) groups is 1. The first-order valence-corrected chi connectivity index (χ1v) is 7.01. The van der Waals surface area contributed by atoms with Gasteiger partial charge in [-0.1, -0.05) is 13.8 Å². The molecule has 3 aliphatic rings. The van der Waals surface area contributed by atoms with Crippen LogP contribution in [0.15, 0.2) is 11.6 Å². The minimum absolute atomic E-state index is 0.0593. The molecular formula is C15H24O2. The zero-order chi connectivity index (χ0) is 12.6. The summed E-state index contributed by atoms with van der Waals surface area (Å²) in [5.41, 5.74) is 1.12. The van der Waals surface area contributed by atoms with E-state index in [-0.39, 0.29) is 5.60 Å². The Labute approximate surface area is 104 Å². The van der Waals surface area contributed by atoms with Crippen LogP contribution >= 0.6 is 0 Å². The molecule has 4 unspecified atom stereocenters. The normalized spacial score (nSPS) is 43.4. The van der Waals surface area contributed by atoms with Gasteiger partial charge in [0.1, 0.15) is 0 Å². The average molecular weight is 236 g/mol. The molecule has 1 spiro atoms. The second kappa shape index (κ2) is 4.56. The standard InChI is InChI=1S/C13H18O2.C2H6/c1-8-5-12(14)6-11-4-3-10-7-13(8,11)15-9(10)2;1-2/h5,9-11H,3-4,6-7H2,1-2H3;1-2H3. The molecule has 2 bridgehead atoms. The Bertz CT molecular complexity index is 341. The first kappa shape index (κ1) is 12.8. The van der Waals surface area contributed by atoms with Gasteiger partial charge in [0.15, 0.2) is 5.78 Å². The largest absolute Gasteiger partial charge is 0.367 e. The summed E-state index contributed by atoms with van der Waals surface area (Å²) in [6.45, 7) is 8.26. The molecule has 2 heteroatoms. The molecule has 96 valence electrons. The van der Waals surface area contributed by atoms with Crippen LogP contribution in [0.1, 0.15) is 53.4 Å². The van der Waals surface area contributed by atoms with E-state index in [0.717, 1.165) is 12.3 Å². The molecule has 0 amide bonds. The van der Waals surface area contributed by atoms with Gasteiger partial charge in [0, 0.05) is 6.42 Å². The highest BCUT2D eigenvalue weighted by molar-refractivity contribution is 5.92. The van der Waals surface area contributed by atoms with Gasteiger partial charge in [-0.05, 0) is 56.6 Å². The Kier molecular flexibility index (Phi) is 3.44. The van der Waals surface area contributed by atoms with E-state index in [1.165, 1.54) is 18.4 Å². The topological polar surface area (TPSA) is 26.3 Å². The van der Waals surface area contributed by atoms with Crippen LogP contribution in [0.2, 0.25) is 0 Å². The number of ketones is 1. The van der Waals surface area contributed by atoms with E-state index in [4.69, 9.17) is 4.74 Å². The van der Waals surface area contributed by atoms with Gasteiger partial charge in [-0.15, -0.1) is 0 Å². The molecule has 4 atom stereocenters. The van der Waals surface area contributed by atoms with Gasteiger partial charge in [0.2, 0.25) is 0 Å². The molecule has 1 saturated carbocycles. The van der Waals surface area contributed by atoms with Crippen molar-refractivity contribution in [3.63, 3.8) is 0 Å². The first-order valence-electron chi connectivity index (χ1n) is 7.01. The molecule has 2 nitrogen and oxygen atoms in total. The second-order valence-corrected chi connectivity index (χ2v) is 5.45. The summed E-state index contributed by atoms with van der Waals surface area (Å²) >= 11 is 0. The van der Waals surface area contributed by atoms with Gasteiger partial charge < -0.3 is 4.74 Å². The van der Waals surface area contributed by atoms with E-state index in [9.17, 15) is 4.79 Å². The van der Waals surface area contributed by atoms with Crippen LogP contribution in [0.25, 0.3) is 0 Å². The maximum atomic E-state index is 11.5. The lowest BCUT2D eigenvalue weighted by Gasteiger charge is -2.42. The second-order valence-electron chi connectivity index (χ2n) is 5.45. The van der Waals surface area contributed by atoms with Crippen molar-refractivity contribution in [1.82, 2.24) is 0 Å². The number of fused-ring (bicyclic) bond motifs is 1. The fourth-order valence-electron chi connectivity index (χ4n) is 3.79. The summed E-state index contributed by atoms with van der Waals surface area (Å²) in [4.78, 5) is 11.5. The summed E-state index contributed by atoms with van der Waals surface area (Å²) in [6.07, 6.45) is 6.47. The van der Waals surface area contributed by atoms with Crippen molar-refractivity contribution in [2.45, 2.75) is 65.1 Å². The lowest BCUT2D eigenvalue weighted by atomic mass is 9.65. The zero-order valence-electron chi connectivity index (χ0n) is 11.5. The third kappa shape index (κ3) is 1.87. The van der Waals surface area contributed by atoms with E-state index < -0.39 is 0 Å². The Balaban J connectivity index is 0.000000514. The van der Waals surface area contributed by atoms with Crippen LogP contribution in [-0.2, 0) is 9.53 Å². The van der Waals surface area contributed by atoms with E-state index >= 15 is 0 Å². The molecule has 3 rings (SSSR count). The monoisotopic (exact) mass is 236 g/mol. The van der Waals surface area contributed by atoms with Gasteiger partial charge in [-0.25, -0.2) is 0 Å². The maximum absolute atomic E-state index is 11.5. The van der Waals surface area contributed by atoms with Gasteiger partial charge in [0.05, 0.1) is 11.7 Å². The van der Waals surface area contributed by atoms with Crippen LogP contribution in [-0.4, -0.2) is 17.5 Å². The van der Waals surface area contributed by atoms with Crippen LogP contribution in [0.5, 0.6) is 0 Å². The highest BCUT2D eigenvalue weighted by Crippen LogP contribution is 2.54. The first-order chi connectivity index (χ1) is 8.12. The molecule has 0 radical (unpaired) electrons. The Hall–Kier alpha value is -0.630. The lowest BCUT2D eigenvalue weighted by molar-refractivity contribution is -0.121. The molecule has 0 aromatic heterocycles. The fraction of sp³-hybridized carbons (Fsp3) is 0.800.